The minimum Gasteiger partial charge on any atom is -0.366 e. The molecule has 0 spiro atoms. The lowest BCUT2D eigenvalue weighted by Gasteiger charge is -2.36. The van der Waals surface area contributed by atoms with Gasteiger partial charge in [-0.3, -0.25) is 9.13 Å². The summed E-state index contributed by atoms with van der Waals surface area (Å²) in [5.74, 6) is 0. The van der Waals surface area contributed by atoms with Crippen LogP contribution in [0.1, 0.15) is 19.4 Å². The van der Waals surface area contributed by atoms with Gasteiger partial charge in [0.15, 0.2) is 0 Å². The number of imidazole rings is 1. The zero-order valence-corrected chi connectivity index (χ0v) is 21.5. The fourth-order valence-corrected chi connectivity index (χ4v) is 7.10. The first-order valence-electron chi connectivity index (χ1n) is 12.3. The van der Waals surface area contributed by atoms with E-state index in [-0.39, 0.29) is 0 Å². The number of aromatic nitrogens is 2. The van der Waals surface area contributed by atoms with E-state index in [4.69, 9.17) is 16.3 Å². The fraction of sp³-hybridized carbons (Fsp3) is 0.192. The maximum absolute atomic E-state index is 14.6. The van der Waals surface area contributed by atoms with Gasteiger partial charge in [-0.15, -0.1) is 0 Å². The van der Waals surface area contributed by atoms with E-state index in [1.807, 2.05) is 0 Å². The van der Waals surface area contributed by atoms with Crippen LogP contribution in [0.2, 0.25) is 0 Å². The predicted octanol–water partition coefficient (Wildman–Crippen LogP) is 5.56. The SMILES string of the molecule is [2H]C([2H])(n1ccnc1)C(O)(P(=O)(O)OCc1ccccc1)P(=O)(OCc1ccccc1)OCc1ccccc1. The largest absolute Gasteiger partial charge is 0.377 e. The topological polar surface area (TPSA) is 120 Å². The quantitative estimate of drug-likeness (QED) is 0.210. The lowest BCUT2D eigenvalue weighted by molar-refractivity contribution is 0.0713. The second kappa shape index (κ2) is 12.1. The average Bonchev–Trinajstić information content (AvgIpc) is 3.51. The molecule has 1 heterocycles. The molecule has 3 aromatic carbocycles. The van der Waals surface area contributed by atoms with Crippen LogP contribution in [0, 0.1) is 0 Å². The van der Waals surface area contributed by atoms with E-state index in [1.165, 1.54) is 6.20 Å². The van der Waals surface area contributed by atoms with Crippen LogP contribution in [0.25, 0.3) is 0 Å². The van der Waals surface area contributed by atoms with Crippen molar-refractivity contribution >= 4 is 15.2 Å². The van der Waals surface area contributed by atoms with E-state index in [2.05, 4.69) is 4.98 Å². The Balaban J connectivity index is 1.80. The van der Waals surface area contributed by atoms with Crippen LogP contribution in [-0.2, 0) is 49.0 Å². The Bertz CT molecular complexity index is 1380. The van der Waals surface area contributed by atoms with Gasteiger partial charge < -0.3 is 28.1 Å². The van der Waals surface area contributed by atoms with Crippen LogP contribution in [0.15, 0.2) is 110 Å². The Kier molecular flexibility index (Phi) is 8.01. The van der Waals surface area contributed by atoms with Gasteiger partial charge in [0.05, 0.1) is 35.4 Å². The molecular weight excluding hydrogens is 514 g/mol. The van der Waals surface area contributed by atoms with Crippen molar-refractivity contribution in [3.63, 3.8) is 0 Å². The van der Waals surface area contributed by atoms with Crippen molar-refractivity contribution < 1.29 is 35.4 Å². The zero-order valence-electron chi connectivity index (χ0n) is 21.7. The molecule has 1 aromatic heterocycles. The highest BCUT2D eigenvalue weighted by Crippen LogP contribution is 2.75. The van der Waals surface area contributed by atoms with Crippen molar-refractivity contribution in [3.8, 4) is 0 Å². The molecular formula is C26H28N2O7P2. The van der Waals surface area contributed by atoms with Gasteiger partial charge in [0.25, 0.3) is 5.08 Å². The molecule has 4 aromatic rings. The van der Waals surface area contributed by atoms with Crippen molar-refractivity contribution in [3.05, 3.63) is 126 Å². The third kappa shape index (κ3) is 6.72. The van der Waals surface area contributed by atoms with Crippen molar-refractivity contribution in [1.82, 2.24) is 9.55 Å². The van der Waals surface area contributed by atoms with E-state index in [0.717, 1.165) is 12.5 Å². The summed E-state index contributed by atoms with van der Waals surface area (Å²) in [5.41, 5.74) is 1.47. The summed E-state index contributed by atoms with van der Waals surface area (Å²) in [7, 11) is -10.9. The Morgan fingerprint density at radius 3 is 1.62 bits per heavy atom. The van der Waals surface area contributed by atoms with Gasteiger partial charge in [-0.05, 0) is 16.7 Å². The minimum absolute atomic E-state index is 0.423. The summed E-state index contributed by atoms with van der Waals surface area (Å²) in [4.78, 5) is 15.0. The summed E-state index contributed by atoms with van der Waals surface area (Å²) in [5, 5.41) is 8.29. The van der Waals surface area contributed by atoms with Crippen LogP contribution in [0.3, 0.4) is 0 Å². The molecule has 0 saturated heterocycles. The second-order valence-electron chi connectivity index (χ2n) is 8.01. The molecule has 0 bridgehead atoms. The molecule has 194 valence electrons. The van der Waals surface area contributed by atoms with Crippen molar-refractivity contribution in [1.29, 1.82) is 0 Å². The van der Waals surface area contributed by atoms with Crippen molar-refractivity contribution in [2.24, 2.45) is 0 Å². The number of nitrogens with zero attached hydrogens (tertiary/aromatic N) is 2. The molecule has 11 heteroatoms. The number of rotatable bonds is 13. The van der Waals surface area contributed by atoms with E-state index < -0.39 is 46.6 Å². The molecule has 0 aliphatic carbocycles. The molecule has 9 nitrogen and oxygen atoms in total. The Labute approximate surface area is 218 Å². The highest BCUT2D eigenvalue weighted by Gasteiger charge is 2.64. The lowest BCUT2D eigenvalue weighted by Crippen LogP contribution is -2.36. The third-order valence-corrected chi connectivity index (χ3v) is 9.96. The van der Waals surface area contributed by atoms with E-state index >= 15 is 0 Å². The molecule has 0 aliphatic heterocycles. The number of hydrogen-bond donors (Lipinski definition) is 2. The number of hydrogen-bond acceptors (Lipinski definition) is 7. The maximum atomic E-state index is 14.6. The van der Waals surface area contributed by atoms with E-state index in [0.29, 0.717) is 21.3 Å². The zero-order chi connectivity index (χ0) is 28.0. The Hall–Kier alpha value is -2.87. The van der Waals surface area contributed by atoms with Crippen LogP contribution in [-0.4, -0.2) is 24.6 Å². The minimum atomic E-state index is -5.59. The van der Waals surface area contributed by atoms with Gasteiger partial charge in [0, 0.05) is 12.4 Å². The smallest absolute Gasteiger partial charge is 0.366 e. The van der Waals surface area contributed by atoms with Crippen LogP contribution < -0.4 is 0 Å². The van der Waals surface area contributed by atoms with Crippen molar-refractivity contribution in [2.45, 2.75) is 31.4 Å². The summed E-state index contributed by atoms with van der Waals surface area (Å²) in [6.45, 7) is -4.59. The van der Waals surface area contributed by atoms with E-state index in [1.54, 1.807) is 91.0 Å². The first-order chi connectivity index (χ1) is 18.6. The normalized spacial score (nSPS) is 16.3. The third-order valence-electron chi connectivity index (χ3n) is 5.30. The van der Waals surface area contributed by atoms with Gasteiger partial charge in [0.2, 0.25) is 0 Å². The average molecular weight is 544 g/mol. The monoisotopic (exact) mass is 544 g/mol. The van der Waals surface area contributed by atoms with Crippen LogP contribution in [0.5, 0.6) is 0 Å². The van der Waals surface area contributed by atoms with Crippen LogP contribution in [0.4, 0.5) is 0 Å². The second-order valence-corrected chi connectivity index (χ2v) is 12.5. The van der Waals surface area contributed by atoms with Crippen LogP contribution >= 0.6 is 15.2 Å². The molecule has 0 fully saturated rings. The molecule has 4 rings (SSSR count). The molecule has 37 heavy (non-hydrogen) atoms. The summed E-state index contributed by atoms with van der Waals surface area (Å²) in [6, 6.07) is 25.2. The highest BCUT2D eigenvalue weighted by molar-refractivity contribution is 7.73. The molecule has 2 N–H and O–H groups in total. The fourth-order valence-electron chi connectivity index (χ4n) is 3.29. The Morgan fingerprint density at radius 2 is 1.22 bits per heavy atom. The van der Waals surface area contributed by atoms with E-state index in [9.17, 15) is 19.1 Å². The molecule has 0 radical (unpaired) electrons. The number of aliphatic hydroxyl groups is 1. The highest BCUT2D eigenvalue weighted by atomic mass is 31.2. The van der Waals surface area contributed by atoms with Crippen molar-refractivity contribution in [2.75, 3.05) is 0 Å². The predicted molar refractivity (Wildman–Crippen MR) is 138 cm³/mol. The molecule has 2 unspecified atom stereocenters. The molecule has 0 saturated carbocycles. The first-order valence-corrected chi connectivity index (χ1v) is 14.4. The van der Waals surface area contributed by atoms with Gasteiger partial charge in [-0.25, -0.2) is 4.98 Å². The first kappa shape index (κ1) is 24.5. The van der Waals surface area contributed by atoms with Gasteiger partial charge in [-0.1, -0.05) is 91.0 Å². The Morgan fingerprint density at radius 1 is 0.784 bits per heavy atom. The summed E-state index contributed by atoms with van der Waals surface area (Å²) in [6.07, 6.45) is 3.29. The van der Waals surface area contributed by atoms with Gasteiger partial charge >= 0.3 is 15.2 Å². The standard InChI is InChI=1S/C26H28N2O7P2/c29-26(21-28-17-16-27-22-28,36(30,31)33-18-23-10-4-1-5-11-23)37(32,34-19-24-12-6-2-7-13-24)35-20-25-14-8-3-9-15-25/h1-17,22,29H,18-21H2,(H,30,31)/i21D2. The molecule has 0 aliphatic rings. The van der Waals surface area contributed by atoms with Gasteiger partial charge in [0.1, 0.15) is 0 Å². The molecule has 2 atom stereocenters. The summed E-state index contributed by atoms with van der Waals surface area (Å²) < 4.78 is 63.3. The summed E-state index contributed by atoms with van der Waals surface area (Å²) >= 11 is 0. The molecule has 0 amide bonds. The lowest BCUT2D eigenvalue weighted by atomic mass is 10.2. The number of benzene rings is 3. The maximum Gasteiger partial charge on any atom is 0.377 e. The van der Waals surface area contributed by atoms with Gasteiger partial charge in [-0.2, -0.15) is 0 Å².